The summed E-state index contributed by atoms with van der Waals surface area (Å²) in [5.41, 5.74) is 0.673. The molecular formula is C29H40O4. The van der Waals surface area contributed by atoms with Crippen LogP contribution in [0.3, 0.4) is 0 Å². The fourth-order valence-corrected chi connectivity index (χ4v) is 4.90. The van der Waals surface area contributed by atoms with Crippen molar-refractivity contribution < 1.29 is 19.1 Å². The fraction of sp³-hybridized carbons (Fsp3) is 0.517. The summed E-state index contributed by atoms with van der Waals surface area (Å²) in [7, 11) is 0. The van der Waals surface area contributed by atoms with Gasteiger partial charge < -0.3 is 9.47 Å². The number of ether oxygens (including phenoxy) is 2. The van der Waals surface area contributed by atoms with Crippen molar-refractivity contribution in [1.82, 2.24) is 0 Å². The van der Waals surface area contributed by atoms with Crippen LogP contribution in [-0.4, -0.2) is 24.1 Å². The van der Waals surface area contributed by atoms with Gasteiger partial charge in [-0.2, -0.15) is 0 Å². The average molecular weight is 453 g/mol. The minimum atomic E-state index is -0.426. The first-order valence-corrected chi connectivity index (χ1v) is 12.5. The third-order valence-electron chi connectivity index (χ3n) is 6.33. The maximum Gasteiger partial charge on any atom is 0.338 e. The second kappa shape index (κ2) is 13.8. The van der Waals surface area contributed by atoms with Gasteiger partial charge in [0.15, 0.2) is 0 Å². The Hall–Kier alpha value is -2.62. The molecule has 0 fully saturated rings. The molecule has 2 atom stereocenters. The van der Waals surface area contributed by atoms with Crippen LogP contribution in [0.5, 0.6) is 0 Å². The van der Waals surface area contributed by atoms with Crippen LogP contribution < -0.4 is 0 Å². The molecule has 0 N–H and O–H groups in total. The summed E-state index contributed by atoms with van der Waals surface area (Å²) in [5, 5.41) is 0. The summed E-state index contributed by atoms with van der Waals surface area (Å²) < 4.78 is 12.5. The maximum absolute atomic E-state index is 13.1. The summed E-state index contributed by atoms with van der Waals surface area (Å²) in [6, 6.07) is 18.3. The lowest BCUT2D eigenvalue weighted by Crippen LogP contribution is -2.49. The number of carbonyl (C=O) groups excluding carboxylic acids is 2. The molecule has 2 unspecified atom stereocenters. The molecule has 0 aromatic heterocycles. The van der Waals surface area contributed by atoms with E-state index < -0.39 is 5.41 Å². The molecule has 4 nitrogen and oxygen atoms in total. The van der Waals surface area contributed by atoms with Gasteiger partial charge in [-0.15, -0.1) is 0 Å². The fourth-order valence-electron chi connectivity index (χ4n) is 4.90. The van der Waals surface area contributed by atoms with Crippen molar-refractivity contribution in [3.05, 3.63) is 71.8 Å². The Balaban J connectivity index is 2.44. The van der Waals surface area contributed by atoms with Crippen LogP contribution in [0.4, 0.5) is 0 Å². The van der Waals surface area contributed by atoms with E-state index in [0.29, 0.717) is 11.1 Å². The molecule has 0 saturated heterocycles. The Morgan fingerprint density at radius 2 is 1.00 bits per heavy atom. The Labute approximate surface area is 199 Å². The lowest BCUT2D eigenvalue weighted by Gasteiger charge is -2.45. The third-order valence-corrected chi connectivity index (χ3v) is 6.33. The zero-order chi connectivity index (χ0) is 24.1. The molecule has 33 heavy (non-hydrogen) atoms. The van der Waals surface area contributed by atoms with E-state index in [2.05, 4.69) is 27.7 Å². The van der Waals surface area contributed by atoms with Gasteiger partial charge in [0, 0.05) is 5.41 Å². The molecule has 0 saturated carbocycles. The smallest absolute Gasteiger partial charge is 0.338 e. The zero-order valence-electron chi connectivity index (χ0n) is 20.7. The topological polar surface area (TPSA) is 52.6 Å². The van der Waals surface area contributed by atoms with E-state index in [0.717, 1.165) is 51.4 Å². The monoisotopic (exact) mass is 452 g/mol. The van der Waals surface area contributed by atoms with Crippen molar-refractivity contribution in [2.75, 3.05) is 0 Å². The third kappa shape index (κ3) is 7.18. The average Bonchev–Trinajstić information content (AvgIpc) is 2.84. The first kappa shape index (κ1) is 26.6. The van der Waals surface area contributed by atoms with Crippen molar-refractivity contribution in [2.24, 2.45) is 5.41 Å². The van der Waals surface area contributed by atoms with Gasteiger partial charge in [0.1, 0.15) is 12.2 Å². The molecule has 0 heterocycles. The second-order valence-corrected chi connectivity index (χ2v) is 8.83. The van der Waals surface area contributed by atoms with Gasteiger partial charge in [0.25, 0.3) is 0 Å². The van der Waals surface area contributed by atoms with Crippen LogP contribution >= 0.6 is 0 Å². The quantitative estimate of drug-likeness (QED) is 0.277. The minimum Gasteiger partial charge on any atom is -0.458 e. The Morgan fingerprint density at radius 3 is 1.30 bits per heavy atom. The molecule has 0 aliphatic heterocycles. The lowest BCUT2D eigenvalue weighted by atomic mass is 9.67. The van der Waals surface area contributed by atoms with Crippen molar-refractivity contribution in [2.45, 2.75) is 91.3 Å². The highest BCUT2D eigenvalue weighted by Crippen LogP contribution is 2.44. The molecule has 0 bridgehead atoms. The molecule has 0 aliphatic carbocycles. The molecule has 0 aliphatic rings. The van der Waals surface area contributed by atoms with Gasteiger partial charge in [-0.3, -0.25) is 0 Å². The van der Waals surface area contributed by atoms with Crippen molar-refractivity contribution >= 4 is 11.9 Å². The SMILES string of the molecule is CCCC(OC(=O)c1ccccc1)C(CCC)(CCC)C(CCC)OC(=O)c1ccccc1. The van der Waals surface area contributed by atoms with E-state index in [1.807, 2.05) is 36.4 Å². The number of carbonyl (C=O) groups is 2. The summed E-state index contributed by atoms with van der Waals surface area (Å²) in [6.45, 7) is 8.51. The largest absolute Gasteiger partial charge is 0.458 e. The van der Waals surface area contributed by atoms with Gasteiger partial charge in [-0.25, -0.2) is 9.59 Å². The minimum absolute atomic E-state index is 0.310. The van der Waals surface area contributed by atoms with E-state index in [1.54, 1.807) is 24.3 Å². The molecular weight excluding hydrogens is 412 g/mol. The van der Waals surface area contributed by atoms with Crippen LogP contribution in [0.1, 0.15) is 99.8 Å². The first-order valence-electron chi connectivity index (χ1n) is 12.5. The van der Waals surface area contributed by atoms with Crippen LogP contribution in [0.2, 0.25) is 0 Å². The molecule has 0 spiro atoms. The van der Waals surface area contributed by atoms with Crippen LogP contribution in [0.15, 0.2) is 60.7 Å². The predicted molar refractivity (Wildman–Crippen MR) is 133 cm³/mol. The maximum atomic E-state index is 13.1. The van der Waals surface area contributed by atoms with Crippen LogP contribution in [0, 0.1) is 5.41 Å². The number of hydrogen-bond acceptors (Lipinski definition) is 4. The Bertz CT molecular complexity index is 760. The van der Waals surface area contributed by atoms with Gasteiger partial charge in [-0.1, -0.05) is 89.8 Å². The van der Waals surface area contributed by atoms with E-state index in [9.17, 15) is 9.59 Å². The van der Waals surface area contributed by atoms with Crippen molar-refractivity contribution in [3.63, 3.8) is 0 Å². The standard InChI is InChI=1S/C29H40O4/c1-5-15-25(32-27(30)23-17-11-9-12-18-23)29(21-7-3,22-8-4)26(16-6-2)33-28(31)24-19-13-10-14-20-24/h9-14,17-20,25-26H,5-8,15-16,21-22H2,1-4H3. The van der Waals surface area contributed by atoms with E-state index in [-0.39, 0.29) is 24.1 Å². The van der Waals surface area contributed by atoms with Gasteiger partial charge in [-0.05, 0) is 49.9 Å². The predicted octanol–water partition coefficient (Wildman–Crippen LogP) is 7.62. The Kier molecular flexibility index (Phi) is 11.2. The second-order valence-electron chi connectivity index (χ2n) is 8.83. The van der Waals surface area contributed by atoms with E-state index >= 15 is 0 Å². The van der Waals surface area contributed by atoms with Crippen molar-refractivity contribution in [1.29, 1.82) is 0 Å². The van der Waals surface area contributed by atoms with Gasteiger partial charge in [0.2, 0.25) is 0 Å². The van der Waals surface area contributed by atoms with Gasteiger partial charge in [0.05, 0.1) is 11.1 Å². The normalized spacial score (nSPS) is 13.2. The summed E-state index contributed by atoms with van der Waals surface area (Å²) in [6.07, 6.45) is 6.11. The highest BCUT2D eigenvalue weighted by Gasteiger charge is 2.47. The number of hydrogen-bond donors (Lipinski definition) is 0. The molecule has 4 heteroatoms. The summed E-state index contributed by atoms with van der Waals surface area (Å²) in [5.74, 6) is -0.620. The van der Waals surface area contributed by atoms with Crippen LogP contribution in [-0.2, 0) is 9.47 Å². The Morgan fingerprint density at radius 1 is 0.636 bits per heavy atom. The molecule has 2 aromatic carbocycles. The highest BCUT2D eigenvalue weighted by molar-refractivity contribution is 5.90. The molecule has 180 valence electrons. The molecule has 2 rings (SSSR count). The van der Waals surface area contributed by atoms with E-state index in [4.69, 9.17) is 9.47 Å². The van der Waals surface area contributed by atoms with E-state index in [1.165, 1.54) is 0 Å². The summed E-state index contributed by atoms with van der Waals surface area (Å²) >= 11 is 0. The first-order chi connectivity index (χ1) is 16.0. The summed E-state index contributed by atoms with van der Waals surface area (Å²) in [4.78, 5) is 26.2. The molecule has 2 aromatic rings. The number of rotatable bonds is 14. The lowest BCUT2D eigenvalue weighted by molar-refractivity contribution is -0.103. The molecule has 0 amide bonds. The molecule has 0 radical (unpaired) electrons. The van der Waals surface area contributed by atoms with Crippen molar-refractivity contribution in [3.8, 4) is 0 Å². The number of benzene rings is 2. The van der Waals surface area contributed by atoms with Crippen LogP contribution in [0.25, 0.3) is 0 Å². The van der Waals surface area contributed by atoms with Gasteiger partial charge >= 0.3 is 11.9 Å². The zero-order valence-corrected chi connectivity index (χ0v) is 20.7. The highest BCUT2D eigenvalue weighted by atomic mass is 16.6. The number of esters is 2.